The summed E-state index contributed by atoms with van der Waals surface area (Å²) in [5, 5.41) is 19.2. The highest BCUT2D eigenvalue weighted by Crippen LogP contribution is 2.33. The Morgan fingerprint density at radius 2 is 1.88 bits per heavy atom. The van der Waals surface area contributed by atoms with Crippen molar-refractivity contribution in [1.82, 2.24) is 24.6 Å². The van der Waals surface area contributed by atoms with Gasteiger partial charge in [0.15, 0.2) is 5.65 Å². The second-order valence-electron chi connectivity index (χ2n) is 11.0. The average Bonchev–Trinajstić information content (AvgIpc) is 3.69. The number of fused-ring (bicyclic) bond motifs is 1. The van der Waals surface area contributed by atoms with E-state index < -0.39 is 5.54 Å². The van der Waals surface area contributed by atoms with Gasteiger partial charge in [0.1, 0.15) is 5.82 Å². The van der Waals surface area contributed by atoms with Crippen LogP contribution in [0.1, 0.15) is 41.6 Å². The molecule has 4 N–H and O–H groups in total. The average molecular weight is 570 g/mol. The molecule has 11 heteroatoms. The van der Waals surface area contributed by atoms with Crippen molar-refractivity contribution >= 4 is 34.8 Å². The molecular formula is C31H35N7O4. The summed E-state index contributed by atoms with van der Waals surface area (Å²) < 4.78 is 7.28. The number of carbonyl (C=O) groups excluding carboxylic acids is 2. The molecule has 0 unspecified atom stereocenters. The molecule has 0 radical (unpaired) electrons. The molecule has 42 heavy (non-hydrogen) atoms. The molecule has 11 nitrogen and oxygen atoms in total. The molecule has 218 valence electrons. The Morgan fingerprint density at radius 1 is 1.07 bits per heavy atom. The Labute approximate surface area is 243 Å². The van der Waals surface area contributed by atoms with Crippen molar-refractivity contribution in [3.8, 4) is 11.1 Å². The maximum Gasteiger partial charge on any atom is 0.319 e. The molecule has 1 aliphatic carbocycles. The van der Waals surface area contributed by atoms with Gasteiger partial charge in [-0.25, -0.2) is 14.8 Å². The number of aliphatic hydroxyl groups is 1. The number of nitrogens with one attached hydrogen (secondary N) is 3. The van der Waals surface area contributed by atoms with Crippen molar-refractivity contribution < 1.29 is 19.4 Å². The number of benzene rings is 1. The zero-order valence-corrected chi connectivity index (χ0v) is 23.6. The van der Waals surface area contributed by atoms with Crippen molar-refractivity contribution in [2.24, 2.45) is 0 Å². The highest BCUT2D eigenvalue weighted by molar-refractivity contribution is 5.94. The van der Waals surface area contributed by atoms with Crippen LogP contribution in [0.15, 0.2) is 61.2 Å². The highest BCUT2D eigenvalue weighted by Gasteiger charge is 2.34. The van der Waals surface area contributed by atoms with Crippen LogP contribution in [0.5, 0.6) is 0 Å². The minimum atomic E-state index is -0.551. The van der Waals surface area contributed by atoms with Crippen LogP contribution in [0.2, 0.25) is 0 Å². The van der Waals surface area contributed by atoms with E-state index in [0.29, 0.717) is 43.4 Å². The van der Waals surface area contributed by atoms with E-state index in [-0.39, 0.29) is 18.5 Å². The lowest BCUT2D eigenvalue weighted by atomic mass is 9.99. The first-order valence-electron chi connectivity index (χ1n) is 14.3. The van der Waals surface area contributed by atoms with E-state index in [1.54, 1.807) is 29.4 Å². The third-order valence-electron chi connectivity index (χ3n) is 8.19. The Bertz CT molecular complexity index is 1590. The summed E-state index contributed by atoms with van der Waals surface area (Å²) >= 11 is 0. The number of amides is 3. The molecule has 0 bridgehead atoms. The molecule has 3 aromatic heterocycles. The van der Waals surface area contributed by atoms with Gasteiger partial charge < -0.3 is 35.1 Å². The fourth-order valence-corrected chi connectivity index (χ4v) is 5.81. The van der Waals surface area contributed by atoms with Crippen LogP contribution in [0.25, 0.3) is 16.8 Å². The number of hydrogen-bond donors (Lipinski definition) is 4. The van der Waals surface area contributed by atoms with E-state index in [9.17, 15) is 14.7 Å². The van der Waals surface area contributed by atoms with E-state index in [4.69, 9.17) is 4.74 Å². The maximum absolute atomic E-state index is 12.9. The SMILES string of the molecule is Cc1c(NC(=O)NC2(CO)CCCC2)cccc1-c1cc(Nc2ccc(C(=O)N3CCOCC3)cn2)c2nccn2c1. The number of ether oxygens (including phenoxy) is 1. The molecule has 0 spiro atoms. The zero-order valence-electron chi connectivity index (χ0n) is 23.6. The second-order valence-corrected chi connectivity index (χ2v) is 11.0. The summed E-state index contributed by atoms with van der Waals surface area (Å²) in [6.07, 6.45) is 10.7. The lowest BCUT2D eigenvalue weighted by molar-refractivity contribution is 0.0302. The fraction of sp³-hybridized carbons (Fsp3) is 0.355. The number of anilines is 3. The second kappa shape index (κ2) is 11.8. The van der Waals surface area contributed by atoms with Crippen LogP contribution in [0.3, 0.4) is 0 Å². The summed E-state index contributed by atoms with van der Waals surface area (Å²) in [6, 6.07) is 11.0. The van der Waals surface area contributed by atoms with Crippen molar-refractivity contribution in [1.29, 1.82) is 0 Å². The first-order chi connectivity index (χ1) is 20.4. The molecule has 1 aliphatic heterocycles. The minimum Gasteiger partial charge on any atom is -0.394 e. The number of pyridine rings is 2. The molecule has 4 aromatic rings. The van der Waals surface area contributed by atoms with Crippen LogP contribution in [-0.2, 0) is 4.74 Å². The molecule has 2 fully saturated rings. The first kappa shape index (κ1) is 27.7. The van der Waals surface area contributed by atoms with Gasteiger partial charge in [0.25, 0.3) is 5.91 Å². The number of aromatic nitrogens is 3. The standard InChI is InChI=1S/C31H35N7O4/c1-21-24(5-4-6-25(21)35-30(41)36-31(20-39)9-2-3-10-31)23-17-26(28-32-11-12-38(28)19-23)34-27-8-7-22(18-33-27)29(40)37-13-15-42-16-14-37/h4-8,11-12,17-19,39H,2-3,9-10,13-16,20H2,1H3,(H,33,34)(H2,35,36,41). The number of morpholine rings is 1. The van der Waals surface area contributed by atoms with Crippen molar-refractivity contribution in [3.05, 3.63) is 72.3 Å². The smallest absolute Gasteiger partial charge is 0.319 e. The number of imidazole rings is 1. The molecule has 3 amide bonds. The van der Waals surface area contributed by atoms with Crippen molar-refractivity contribution in [2.45, 2.75) is 38.1 Å². The Balaban J connectivity index is 1.23. The molecule has 1 saturated heterocycles. The van der Waals surface area contributed by atoms with E-state index in [1.165, 1.54) is 0 Å². The highest BCUT2D eigenvalue weighted by atomic mass is 16.5. The van der Waals surface area contributed by atoms with Crippen LogP contribution in [-0.4, -0.2) is 74.8 Å². The minimum absolute atomic E-state index is 0.0533. The third kappa shape index (κ3) is 5.65. The predicted molar refractivity (Wildman–Crippen MR) is 160 cm³/mol. The number of aliphatic hydroxyl groups excluding tert-OH is 1. The van der Waals surface area contributed by atoms with Gasteiger partial charge in [-0.15, -0.1) is 0 Å². The van der Waals surface area contributed by atoms with E-state index >= 15 is 0 Å². The molecule has 1 aromatic carbocycles. The van der Waals surface area contributed by atoms with Gasteiger partial charge in [-0.1, -0.05) is 25.0 Å². The van der Waals surface area contributed by atoms with Gasteiger partial charge in [-0.3, -0.25) is 4.79 Å². The monoisotopic (exact) mass is 569 g/mol. The number of urea groups is 1. The summed E-state index contributed by atoms with van der Waals surface area (Å²) in [7, 11) is 0. The number of hydrogen-bond acceptors (Lipinski definition) is 7. The van der Waals surface area contributed by atoms with Crippen molar-refractivity contribution in [3.63, 3.8) is 0 Å². The van der Waals surface area contributed by atoms with Gasteiger partial charge in [0, 0.05) is 49.1 Å². The Kier molecular flexibility index (Phi) is 7.77. The summed E-state index contributed by atoms with van der Waals surface area (Å²) in [4.78, 5) is 36.5. The molecule has 0 atom stereocenters. The number of carbonyl (C=O) groups is 2. The third-order valence-corrected chi connectivity index (χ3v) is 8.19. The molecule has 1 saturated carbocycles. The van der Waals surface area contributed by atoms with E-state index in [1.807, 2.05) is 48.0 Å². The largest absolute Gasteiger partial charge is 0.394 e. The fourth-order valence-electron chi connectivity index (χ4n) is 5.81. The summed E-state index contributed by atoms with van der Waals surface area (Å²) in [6.45, 7) is 4.15. The molecular weight excluding hydrogens is 534 g/mol. The van der Waals surface area contributed by atoms with Crippen LogP contribution >= 0.6 is 0 Å². The maximum atomic E-state index is 12.9. The molecule has 2 aliphatic rings. The van der Waals surface area contributed by atoms with Crippen LogP contribution < -0.4 is 16.0 Å². The quantitative estimate of drug-likeness (QED) is 0.260. The first-order valence-corrected chi connectivity index (χ1v) is 14.3. The number of rotatable bonds is 7. The van der Waals surface area contributed by atoms with Gasteiger partial charge in [-0.05, 0) is 55.2 Å². The van der Waals surface area contributed by atoms with E-state index in [2.05, 4.69) is 25.9 Å². The number of nitrogens with zero attached hydrogens (tertiary/aromatic N) is 4. The zero-order chi connectivity index (χ0) is 29.1. The normalized spacial score (nSPS) is 16.4. The van der Waals surface area contributed by atoms with Crippen molar-refractivity contribution in [2.75, 3.05) is 43.5 Å². The Hall–Kier alpha value is -4.48. The predicted octanol–water partition coefficient (Wildman–Crippen LogP) is 4.35. The Morgan fingerprint density at radius 3 is 2.62 bits per heavy atom. The van der Waals surface area contributed by atoms with Gasteiger partial charge in [0.05, 0.1) is 36.6 Å². The van der Waals surface area contributed by atoms with E-state index in [0.717, 1.165) is 53.7 Å². The lowest BCUT2D eigenvalue weighted by Gasteiger charge is -2.28. The van der Waals surface area contributed by atoms with Crippen LogP contribution in [0, 0.1) is 6.92 Å². The topological polar surface area (TPSA) is 133 Å². The van der Waals surface area contributed by atoms with Gasteiger partial charge in [0.2, 0.25) is 0 Å². The molecule has 6 rings (SSSR count). The summed E-state index contributed by atoms with van der Waals surface area (Å²) in [5.74, 6) is 0.534. The molecule has 4 heterocycles. The van der Waals surface area contributed by atoms with Crippen LogP contribution in [0.4, 0.5) is 22.0 Å². The van der Waals surface area contributed by atoms with Gasteiger partial charge in [-0.2, -0.15) is 0 Å². The summed E-state index contributed by atoms with van der Waals surface area (Å²) in [5.41, 5.74) is 4.93. The lowest BCUT2D eigenvalue weighted by Crippen LogP contribution is -2.50. The van der Waals surface area contributed by atoms with Gasteiger partial charge >= 0.3 is 6.03 Å².